The Morgan fingerprint density at radius 1 is 1.07 bits per heavy atom. The fraction of sp³-hybridized carbons (Fsp3) is 0.667. The van der Waals surface area contributed by atoms with Crippen molar-refractivity contribution >= 4 is 58.5 Å². The molecule has 1 unspecified atom stereocenters. The number of carbonyl (C=O) groups is 2. The molecule has 0 spiro atoms. The molecular formula is C6H7Cl4NO4. The van der Waals surface area contributed by atoms with Crippen LogP contribution in [0.4, 0.5) is 4.79 Å². The summed E-state index contributed by atoms with van der Waals surface area (Å²) in [5, 5.41) is 1.87. The lowest BCUT2D eigenvalue weighted by Crippen LogP contribution is -2.59. The van der Waals surface area contributed by atoms with Gasteiger partial charge in [-0.3, -0.25) is 5.32 Å². The van der Waals surface area contributed by atoms with Crippen molar-refractivity contribution in [3.63, 3.8) is 0 Å². The van der Waals surface area contributed by atoms with E-state index in [-0.39, 0.29) is 0 Å². The zero-order chi connectivity index (χ0) is 12.3. The van der Waals surface area contributed by atoms with E-state index in [1.807, 2.05) is 5.32 Å². The predicted molar refractivity (Wildman–Crippen MR) is 56.4 cm³/mol. The average Bonchev–Trinajstić information content (AvgIpc) is 2.14. The largest absolute Gasteiger partial charge is 0.466 e. The van der Waals surface area contributed by atoms with Gasteiger partial charge in [-0.1, -0.05) is 46.4 Å². The molecule has 0 fully saturated rings. The number of methoxy groups -OCH3 is 2. The lowest BCUT2D eigenvalue weighted by atomic mass is 10.3. The van der Waals surface area contributed by atoms with Gasteiger partial charge in [0.05, 0.1) is 14.2 Å². The maximum Gasteiger partial charge on any atom is 0.408 e. The lowest BCUT2D eigenvalue weighted by molar-refractivity contribution is -0.144. The number of nitrogens with one attached hydrogen (secondary N) is 1. The van der Waals surface area contributed by atoms with Gasteiger partial charge in [0.1, 0.15) is 0 Å². The number of hydrogen-bond acceptors (Lipinski definition) is 4. The van der Waals surface area contributed by atoms with Crippen LogP contribution in [-0.2, 0) is 14.3 Å². The Balaban J connectivity index is 5.04. The molecule has 1 amide bonds. The van der Waals surface area contributed by atoms with Gasteiger partial charge in [-0.15, -0.1) is 0 Å². The Kier molecular flexibility index (Phi) is 5.26. The monoisotopic (exact) mass is 297 g/mol. The van der Waals surface area contributed by atoms with Crippen LogP contribution in [0.5, 0.6) is 0 Å². The van der Waals surface area contributed by atoms with Crippen LogP contribution in [0, 0.1) is 0 Å². The normalized spacial score (nSPS) is 15.1. The molecule has 0 bridgehead atoms. The van der Waals surface area contributed by atoms with Gasteiger partial charge in [0.15, 0.2) is 0 Å². The number of rotatable bonds is 2. The second-order valence-electron chi connectivity index (χ2n) is 2.26. The molecule has 0 rings (SSSR count). The smallest absolute Gasteiger partial charge is 0.408 e. The van der Waals surface area contributed by atoms with Gasteiger partial charge in [0, 0.05) is 0 Å². The molecule has 0 aromatic rings. The van der Waals surface area contributed by atoms with E-state index in [4.69, 9.17) is 46.4 Å². The molecule has 15 heavy (non-hydrogen) atoms. The van der Waals surface area contributed by atoms with E-state index in [0.717, 1.165) is 14.2 Å². The third-order valence-electron chi connectivity index (χ3n) is 1.32. The van der Waals surface area contributed by atoms with E-state index in [0.29, 0.717) is 0 Å². The number of hydrogen-bond donors (Lipinski definition) is 1. The number of alkyl carbamates (subject to hydrolysis) is 1. The number of amides is 1. The molecule has 1 N–H and O–H groups in total. The van der Waals surface area contributed by atoms with Gasteiger partial charge in [-0.05, 0) is 0 Å². The summed E-state index contributed by atoms with van der Waals surface area (Å²) in [6.45, 7) is 0. The molecule has 0 aliphatic heterocycles. The Labute approximate surface area is 106 Å². The zero-order valence-corrected chi connectivity index (χ0v) is 10.7. The third-order valence-corrected chi connectivity index (χ3v) is 2.99. The van der Waals surface area contributed by atoms with Crippen LogP contribution in [0.25, 0.3) is 0 Å². The highest BCUT2D eigenvalue weighted by molar-refractivity contribution is 6.72. The molecule has 88 valence electrons. The standard InChI is InChI=1S/C6H7Cl4NO4/c1-14-3(12)5(7,6(8,9)10)11-4(13)15-2/h1-2H3,(H,11,13). The fourth-order valence-corrected chi connectivity index (χ4v) is 1.10. The summed E-state index contributed by atoms with van der Waals surface area (Å²) < 4.78 is 6.21. The summed E-state index contributed by atoms with van der Waals surface area (Å²) in [7, 11) is 2.08. The quantitative estimate of drug-likeness (QED) is 0.480. The van der Waals surface area contributed by atoms with Crippen LogP contribution in [0.1, 0.15) is 0 Å². The fourth-order valence-electron chi connectivity index (χ4n) is 0.570. The minimum Gasteiger partial charge on any atom is -0.466 e. The highest BCUT2D eigenvalue weighted by Gasteiger charge is 2.56. The predicted octanol–water partition coefficient (Wildman–Crippen LogP) is 1.82. The first-order chi connectivity index (χ1) is 6.69. The van der Waals surface area contributed by atoms with Gasteiger partial charge in [-0.25, -0.2) is 9.59 Å². The van der Waals surface area contributed by atoms with Crippen molar-refractivity contribution in [1.29, 1.82) is 0 Å². The Hall–Kier alpha value is -0.100. The molecule has 0 aliphatic carbocycles. The number of esters is 1. The summed E-state index contributed by atoms with van der Waals surface area (Å²) in [4.78, 5) is 19.8. The highest BCUT2D eigenvalue weighted by Crippen LogP contribution is 2.41. The molecule has 0 heterocycles. The maximum atomic E-state index is 11.3. The molecule has 0 aromatic carbocycles. The maximum absolute atomic E-state index is 11.3. The Morgan fingerprint density at radius 2 is 1.53 bits per heavy atom. The van der Waals surface area contributed by atoms with E-state index in [9.17, 15) is 9.59 Å². The molecule has 0 saturated carbocycles. The zero-order valence-electron chi connectivity index (χ0n) is 7.64. The van der Waals surface area contributed by atoms with Crippen LogP contribution in [0.3, 0.4) is 0 Å². The molecular weight excluding hydrogens is 292 g/mol. The van der Waals surface area contributed by atoms with Crippen molar-refractivity contribution in [2.45, 2.75) is 8.79 Å². The van der Waals surface area contributed by atoms with Crippen molar-refractivity contribution in [3.05, 3.63) is 0 Å². The van der Waals surface area contributed by atoms with Crippen LogP contribution < -0.4 is 5.32 Å². The van der Waals surface area contributed by atoms with Gasteiger partial charge in [0.25, 0.3) is 5.00 Å². The number of ether oxygens (including phenoxy) is 2. The molecule has 9 heteroatoms. The van der Waals surface area contributed by atoms with Crippen LogP contribution in [0.15, 0.2) is 0 Å². The molecule has 0 aliphatic rings. The van der Waals surface area contributed by atoms with Crippen molar-refractivity contribution in [2.24, 2.45) is 0 Å². The van der Waals surface area contributed by atoms with Crippen LogP contribution in [0.2, 0.25) is 0 Å². The number of carbonyl (C=O) groups excluding carboxylic acids is 2. The average molecular weight is 299 g/mol. The van der Waals surface area contributed by atoms with Crippen LogP contribution >= 0.6 is 46.4 Å². The SMILES string of the molecule is COC(=O)NC(Cl)(C(=O)OC)C(Cl)(Cl)Cl. The summed E-state index contributed by atoms with van der Waals surface area (Å²) in [5.41, 5.74) is 0. The van der Waals surface area contributed by atoms with Gasteiger partial charge < -0.3 is 9.47 Å². The minimum absolute atomic E-state index is 1.02. The van der Waals surface area contributed by atoms with Gasteiger partial charge in [0.2, 0.25) is 3.79 Å². The number of alkyl halides is 4. The number of halogens is 4. The minimum atomic E-state index is -2.35. The second-order valence-corrected chi connectivity index (χ2v) is 5.11. The lowest BCUT2D eigenvalue weighted by Gasteiger charge is -2.30. The second kappa shape index (κ2) is 5.30. The van der Waals surface area contributed by atoms with E-state index in [1.165, 1.54) is 0 Å². The van der Waals surface area contributed by atoms with Crippen molar-refractivity contribution in [3.8, 4) is 0 Å². The first kappa shape index (κ1) is 14.9. The van der Waals surface area contributed by atoms with E-state index in [2.05, 4.69) is 9.47 Å². The first-order valence-electron chi connectivity index (χ1n) is 3.39. The first-order valence-corrected chi connectivity index (χ1v) is 4.90. The topological polar surface area (TPSA) is 64.6 Å². The Bertz CT molecular complexity index is 266. The van der Waals surface area contributed by atoms with Gasteiger partial charge >= 0.3 is 12.1 Å². The summed E-state index contributed by atoms with van der Waals surface area (Å²) in [6.07, 6.45) is -1.04. The van der Waals surface area contributed by atoms with E-state index < -0.39 is 20.9 Å². The third kappa shape index (κ3) is 3.45. The van der Waals surface area contributed by atoms with Crippen molar-refractivity contribution in [2.75, 3.05) is 14.2 Å². The summed E-state index contributed by atoms with van der Waals surface area (Å²) in [5.74, 6) is -1.13. The van der Waals surface area contributed by atoms with Crippen LogP contribution in [-0.4, -0.2) is 35.1 Å². The molecule has 5 nitrogen and oxygen atoms in total. The Morgan fingerprint density at radius 3 is 1.80 bits per heavy atom. The molecule has 0 radical (unpaired) electrons. The highest BCUT2D eigenvalue weighted by atomic mass is 35.6. The molecule has 0 saturated heterocycles. The van der Waals surface area contributed by atoms with E-state index in [1.54, 1.807) is 0 Å². The molecule has 1 atom stereocenters. The summed E-state index contributed by atoms with van der Waals surface area (Å²) in [6, 6.07) is 0. The molecule has 0 aromatic heterocycles. The van der Waals surface area contributed by atoms with Crippen molar-refractivity contribution < 1.29 is 19.1 Å². The summed E-state index contributed by atoms with van der Waals surface area (Å²) >= 11 is 22.0. The van der Waals surface area contributed by atoms with Crippen molar-refractivity contribution in [1.82, 2.24) is 5.32 Å². The van der Waals surface area contributed by atoms with E-state index >= 15 is 0 Å². The van der Waals surface area contributed by atoms with Gasteiger partial charge in [-0.2, -0.15) is 0 Å².